The molecule has 0 aliphatic heterocycles. The fourth-order valence-corrected chi connectivity index (χ4v) is 2.32. The first-order valence-corrected chi connectivity index (χ1v) is 6.37. The van der Waals surface area contributed by atoms with Gasteiger partial charge < -0.3 is 0 Å². The van der Waals surface area contributed by atoms with Crippen LogP contribution >= 0.6 is 0 Å². The fourth-order valence-electron chi connectivity index (χ4n) is 2.32. The molecule has 84 valence electrons. The molecule has 0 amide bonds. The summed E-state index contributed by atoms with van der Waals surface area (Å²) in [5.41, 5.74) is 2.69. The molecular formula is C17H16. The van der Waals surface area contributed by atoms with E-state index in [2.05, 4.69) is 42.2 Å². The Morgan fingerprint density at radius 3 is 2.65 bits per heavy atom. The van der Waals surface area contributed by atoms with Crippen LogP contribution in [0, 0.1) is 23.7 Å². The molecule has 2 aliphatic rings. The Morgan fingerprint density at radius 2 is 1.88 bits per heavy atom. The van der Waals surface area contributed by atoms with Crippen LogP contribution < -0.4 is 0 Å². The second-order valence-electron chi connectivity index (χ2n) is 4.79. The molecule has 0 bridgehead atoms. The fraction of sp³-hybridized carbons (Fsp3) is 0.294. The highest BCUT2D eigenvalue weighted by atomic mass is 14.3. The Hall–Kier alpha value is -1.74. The van der Waals surface area contributed by atoms with Crippen LogP contribution in [-0.2, 0) is 0 Å². The number of benzene rings is 1. The van der Waals surface area contributed by atoms with E-state index >= 15 is 0 Å². The van der Waals surface area contributed by atoms with Crippen molar-refractivity contribution in [2.45, 2.75) is 19.3 Å². The van der Waals surface area contributed by atoms with Gasteiger partial charge in [-0.2, -0.15) is 0 Å². The molecule has 3 rings (SSSR count). The monoisotopic (exact) mass is 220 g/mol. The Labute approximate surface area is 103 Å². The van der Waals surface area contributed by atoms with E-state index in [0.717, 1.165) is 17.9 Å². The summed E-state index contributed by atoms with van der Waals surface area (Å²) in [5.74, 6) is 8.02. The van der Waals surface area contributed by atoms with Crippen LogP contribution in [0.5, 0.6) is 0 Å². The first-order chi connectivity index (χ1) is 8.43. The van der Waals surface area contributed by atoms with Crippen molar-refractivity contribution in [3.63, 3.8) is 0 Å². The Bertz CT molecular complexity index is 504. The lowest BCUT2D eigenvalue weighted by atomic mass is 9.88. The van der Waals surface area contributed by atoms with Gasteiger partial charge in [-0.3, -0.25) is 0 Å². The van der Waals surface area contributed by atoms with E-state index in [4.69, 9.17) is 0 Å². The summed E-state index contributed by atoms with van der Waals surface area (Å²) in [6.07, 6.45) is 10.5. The molecule has 0 heteroatoms. The zero-order valence-electron chi connectivity index (χ0n) is 9.89. The minimum Gasteiger partial charge on any atom is -0.0897 e. The molecule has 1 aromatic rings. The van der Waals surface area contributed by atoms with Gasteiger partial charge in [0.05, 0.1) is 0 Å². The lowest BCUT2D eigenvalue weighted by molar-refractivity contribution is 0.724. The lowest BCUT2D eigenvalue weighted by Crippen LogP contribution is -2.05. The molecule has 0 saturated heterocycles. The van der Waals surface area contributed by atoms with Crippen molar-refractivity contribution in [1.29, 1.82) is 0 Å². The van der Waals surface area contributed by atoms with Gasteiger partial charge in [-0.25, -0.2) is 0 Å². The molecule has 1 aromatic carbocycles. The van der Waals surface area contributed by atoms with Gasteiger partial charge in [0.15, 0.2) is 0 Å². The Balaban J connectivity index is 1.79. The molecule has 2 aliphatic carbocycles. The van der Waals surface area contributed by atoms with E-state index in [1.807, 2.05) is 18.2 Å². The summed E-state index contributed by atoms with van der Waals surface area (Å²) >= 11 is 0. The molecule has 1 atom stereocenters. The molecule has 0 heterocycles. The second kappa shape index (κ2) is 4.63. The van der Waals surface area contributed by atoms with Crippen LogP contribution in [0.2, 0.25) is 0 Å². The zero-order chi connectivity index (χ0) is 11.5. The van der Waals surface area contributed by atoms with Crippen LogP contribution in [0.15, 0.2) is 54.1 Å². The van der Waals surface area contributed by atoms with Crippen molar-refractivity contribution in [3.05, 3.63) is 59.7 Å². The maximum absolute atomic E-state index is 3.44. The quantitative estimate of drug-likeness (QED) is 0.629. The molecule has 0 nitrogen and oxygen atoms in total. The van der Waals surface area contributed by atoms with E-state index < -0.39 is 0 Å². The van der Waals surface area contributed by atoms with Gasteiger partial charge in [0.25, 0.3) is 0 Å². The average Bonchev–Trinajstić information content (AvgIpc) is 3.22. The maximum Gasteiger partial charge on any atom is 0.0456 e. The van der Waals surface area contributed by atoms with E-state index in [9.17, 15) is 0 Å². The Morgan fingerprint density at radius 1 is 1.06 bits per heavy atom. The van der Waals surface area contributed by atoms with E-state index in [1.54, 1.807) is 5.57 Å². The largest absolute Gasteiger partial charge is 0.0897 e. The van der Waals surface area contributed by atoms with Crippen LogP contribution in [0.25, 0.3) is 0 Å². The van der Waals surface area contributed by atoms with Gasteiger partial charge in [-0.15, -0.1) is 0 Å². The predicted octanol–water partition coefficient (Wildman–Crippen LogP) is 3.95. The number of hydrogen-bond acceptors (Lipinski definition) is 0. The first-order valence-electron chi connectivity index (χ1n) is 6.37. The molecule has 0 aromatic heterocycles. The summed E-state index contributed by atoms with van der Waals surface area (Å²) in [7, 11) is 0. The number of hydrogen-bond donors (Lipinski definition) is 0. The Kier molecular flexibility index (Phi) is 2.84. The van der Waals surface area contributed by atoms with Crippen LogP contribution in [-0.4, -0.2) is 0 Å². The summed E-state index contributed by atoms with van der Waals surface area (Å²) in [5, 5.41) is 0. The minimum absolute atomic E-state index is 0.452. The van der Waals surface area contributed by atoms with Gasteiger partial charge in [0, 0.05) is 11.5 Å². The summed E-state index contributed by atoms with van der Waals surface area (Å²) in [6.45, 7) is 0. The van der Waals surface area contributed by atoms with Crippen molar-refractivity contribution < 1.29 is 0 Å². The van der Waals surface area contributed by atoms with Crippen molar-refractivity contribution in [2.24, 2.45) is 11.8 Å². The number of rotatable bonds is 1. The second-order valence-corrected chi connectivity index (χ2v) is 4.79. The van der Waals surface area contributed by atoms with E-state index in [0.29, 0.717) is 5.92 Å². The maximum atomic E-state index is 3.44. The van der Waals surface area contributed by atoms with Crippen molar-refractivity contribution in [1.82, 2.24) is 0 Å². The normalized spacial score (nSPS) is 22.6. The third kappa shape index (κ3) is 2.50. The van der Waals surface area contributed by atoms with Crippen LogP contribution in [0.4, 0.5) is 0 Å². The highest BCUT2D eigenvalue weighted by Crippen LogP contribution is 2.42. The van der Waals surface area contributed by atoms with Crippen LogP contribution in [0.3, 0.4) is 0 Å². The highest BCUT2D eigenvalue weighted by Gasteiger charge is 2.30. The molecule has 0 N–H and O–H groups in total. The third-order valence-corrected chi connectivity index (χ3v) is 3.41. The molecule has 0 radical (unpaired) electrons. The minimum atomic E-state index is 0.452. The number of allylic oxidation sites excluding steroid dienone is 4. The summed E-state index contributed by atoms with van der Waals surface area (Å²) in [4.78, 5) is 0. The lowest BCUT2D eigenvalue weighted by Gasteiger charge is -2.15. The zero-order valence-corrected chi connectivity index (χ0v) is 9.89. The van der Waals surface area contributed by atoms with Gasteiger partial charge in [0.1, 0.15) is 0 Å². The predicted molar refractivity (Wildman–Crippen MR) is 71.4 cm³/mol. The third-order valence-electron chi connectivity index (χ3n) is 3.41. The van der Waals surface area contributed by atoms with E-state index in [-0.39, 0.29) is 0 Å². The molecule has 1 fully saturated rings. The molecule has 17 heavy (non-hydrogen) atoms. The van der Waals surface area contributed by atoms with Crippen LogP contribution in [0.1, 0.15) is 24.8 Å². The molecular weight excluding hydrogens is 204 g/mol. The topological polar surface area (TPSA) is 0 Å². The highest BCUT2D eigenvalue weighted by molar-refractivity contribution is 5.39. The summed E-state index contributed by atoms with van der Waals surface area (Å²) < 4.78 is 0. The van der Waals surface area contributed by atoms with Gasteiger partial charge >= 0.3 is 0 Å². The SMILES string of the molecule is C(#CC1CC=CC=C1C1CC1)c1ccccc1. The molecule has 1 unspecified atom stereocenters. The molecule has 0 spiro atoms. The van der Waals surface area contributed by atoms with Crippen molar-refractivity contribution >= 4 is 0 Å². The average molecular weight is 220 g/mol. The summed E-state index contributed by atoms with van der Waals surface area (Å²) in [6, 6.07) is 10.3. The smallest absolute Gasteiger partial charge is 0.0456 e. The van der Waals surface area contributed by atoms with Gasteiger partial charge in [0.2, 0.25) is 0 Å². The van der Waals surface area contributed by atoms with Gasteiger partial charge in [-0.1, -0.05) is 53.8 Å². The van der Waals surface area contributed by atoms with Crippen molar-refractivity contribution in [3.8, 4) is 11.8 Å². The molecule has 1 saturated carbocycles. The van der Waals surface area contributed by atoms with E-state index in [1.165, 1.54) is 12.8 Å². The van der Waals surface area contributed by atoms with Crippen molar-refractivity contribution in [2.75, 3.05) is 0 Å². The van der Waals surface area contributed by atoms with Gasteiger partial charge in [-0.05, 0) is 37.3 Å². The standard InChI is InChI=1S/C17H16/c1-2-6-14(7-3-1)10-11-15-8-4-5-9-17(15)16-12-13-16/h1-7,9,15-16H,8,12-13H2. The first kappa shape index (κ1) is 10.4.